The van der Waals surface area contributed by atoms with Crippen molar-refractivity contribution in [3.05, 3.63) is 45.1 Å². The highest BCUT2D eigenvalue weighted by atomic mass is 32.2. The second kappa shape index (κ2) is 8.09. The maximum Gasteiger partial charge on any atom is 0.267 e. The number of hydrogen-bond acceptors (Lipinski definition) is 6. The van der Waals surface area contributed by atoms with Crippen molar-refractivity contribution in [3.8, 4) is 11.4 Å². The predicted molar refractivity (Wildman–Crippen MR) is 114 cm³/mol. The first-order valence-electron chi connectivity index (χ1n) is 9.43. The van der Waals surface area contributed by atoms with Crippen molar-refractivity contribution >= 4 is 39.1 Å². The lowest BCUT2D eigenvalue weighted by Crippen LogP contribution is -2.23. The standard InChI is InChI=1S/C21H22N2O3S2/c1-13(24)11-12-27-21-22-19-18(14-7-3-6-10-17(14)28-19)20(25)23(21)15-8-4-5-9-16(15)26-2/h4-5,8-9H,3,6-7,10-12H2,1-2H3. The zero-order chi connectivity index (χ0) is 19.7. The van der Waals surface area contributed by atoms with Crippen molar-refractivity contribution in [2.45, 2.75) is 44.2 Å². The molecule has 3 aromatic rings. The van der Waals surface area contributed by atoms with E-state index in [1.165, 1.54) is 28.6 Å². The predicted octanol–water partition coefficient (Wildman–Crippen LogP) is 4.41. The molecule has 1 aliphatic rings. The fourth-order valence-corrected chi connectivity index (χ4v) is 5.94. The first-order valence-corrected chi connectivity index (χ1v) is 11.2. The number of ketones is 1. The summed E-state index contributed by atoms with van der Waals surface area (Å²) < 4.78 is 7.17. The number of hydrogen-bond donors (Lipinski definition) is 0. The Morgan fingerprint density at radius 1 is 1.29 bits per heavy atom. The molecule has 0 N–H and O–H groups in total. The van der Waals surface area contributed by atoms with Gasteiger partial charge in [0.15, 0.2) is 5.16 Å². The number of rotatable bonds is 6. The van der Waals surface area contributed by atoms with Crippen molar-refractivity contribution in [1.29, 1.82) is 0 Å². The highest BCUT2D eigenvalue weighted by Crippen LogP contribution is 2.36. The van der Waals surface area contributed by atoms with E-state index in [0.29, 0.717) is 28.8 Å². The van der Waals surface area contributed by atoms with Crippen LogP contribution in [-0.4, -0.2) is 28.2 Å². The Labute approximate surface area is 171 Å². The molecular weight excluding hydrogens is 392 g/mol. The Balaban J connectivity index is 1.94. The summed E-state index contributed by atoms with van der Waals surface area (Å²) in [7, 11) is 1.60. The minimum absolute atomic E-state index is 0.0424. The van der Waals surface area contributed by atoms with Gasteiger partial charge >= 0.3 is 0 Å². The number of methoxy groups -OCH3 is 1. The Bertz CT molecular complexity index is 1100. The monoisotopic (exact) mass is 414 g/mol. The molecule has 0 amide bonds. The van der Waals surface area contributed by atoms with E-state index in [4.69, 9.17) is 9.72 Å². The molecule has 7 heteroatoms. The van der Waals surface area contributed by atoms with Crippen LogP contribution in [0.2, 0.25) is 0 Å². The summed E-state index contributed by atoms with van der Waals surface area (Å²) in [6.07, 6.45) is 4.69. The van der Waals surface area contributed by atoms with Gasteiger partial charge in [0.25, 0.3) is 5.56 Å². The van der Waals surface area contributed by atoms with Gasteiger partial charge in [0, 0.05) is 17.1 Å². The van der Waals surface area contributed by atoms with E-state index in [1.54, 1.807) is 29.9 Å². The van der Waals surface area contributed by atoms with E-state index in [0.717, 1.165) is 29.5 Å². The Hall–Kier alpha value is -2.12. The third-order valence-electron chi connectivity index (χ3n) is 4.97. The summed E-state index contributed by atoms with van der Waals surface area (Å²) >= 11 is 3.09. The highest BCUT2D eigenvalue weighted by molar-refractivity contribution is 7.99. The molecule has 0 aliphatic heterocycles. The quantitative estimate of drug-likeness (QED) is 0.442. The first kappa shape index (κ1) is 19.2. The number of fused-ring (bicyclic) bond motifs is 3. The molecule has 1 aromatic carbocycles. The van der Waals surface area contributed by atoms with Crippen LogP contribution in [0.1, 0.15) is 36.6 Å². The van der Waals surface area contributed by atoms with Crippen LogP contribution < -0.4 is 10.3 Å². The molecule has 0 saturated carbocycles. The first-order chi connectivity index (χ1) is 13.6. The van der Waals surface area contributed by atoms with Gasteiger partial charge in [-0.3, -0.25) is 14.2 Å². The van der Waals surface area contributed by atoms with Crippen LogP contribution in [0.5, 0.6) is 5.75 Å². The number of carbonyl (C=O) groups is 1. The van der Waals surface area contributed by atoms with Crippen LogP contribution in [0.4, 0.5) is 0 Å². The molecule has 0 bridgehead atoms. The van der Waals surface area contributed by atoms with E-state index in [2.05, 4.69) is 0 Å². The molecule has 0 saturated heterocycles. The molecule has 1 aliphatic carbocycles. The average Bonchev–Trinajstić information content (AvgIpc) is 3.06. The van der Waals surface area contributed by atoms with E-state index in [9.17, 15) is 9.59 Å². The lowest BCUT2D eigenvalue weighted by Gasteiger charge is -2.15. The number of ether oxygens (including phenoxy) is 1. The Morgan fingerprint density at radius 2 is 2.07 bits per heavy atom. The number of aryl methyl sites for hydroxylation is 2. The summed E-state index contributed by atoms with van der Waals surface area (Å²) in [5.41, 5.74) is 1.82. The van der Waals surface area contributed by atoms with Crippen LogP contribution in [0.25, 0.3) is 15.9 Å². The summed E-state index contributed by atoms with van der Waals surface area (Å²) in [5, 5.41) is 1.36. The van der Waals surface area contributed by atoms with E-state index >= 15 is 0 Å². The summed E-state index contributed by atoms with van der Waals surface area (Å²) in [6.45, 7) is 1.58. The van der Waals surface area contributed by atoms with E-state index in [1.807, 2.05) is 24.3 Å². The SMILES string of the molecule is COc1ccccc1-n1c(SCCC(C)=O)nc2sc3c(c2c1=O)CCCC3. The Morgan fingerprint density at radius 3 is 2.86 bits per heavy atom. The van der Waals surface area contributed by atoms with Crippen molar-refractivity contribution in [2.24, 2.45) is 0 Å². The van der Waals surface area contributed by atoms with Crippen LogP contribution in [0.15, 0.2) is 34.2 Å². The summed E-state index contributed by atoms with van der Waals surface area (Å²) in [4.78, 5) is 32.0. The molecule has 0 unspecified atom stereocenters. The summed E-state index contributed by atoms with van der Waals surface area (Å²) in [6, 6.07) is 7.50. The minimum Gasteiger partial charge on any atom is -0.495 e. The third-order valence-corrected chi connectivity index (χ3v) is 7.10. The van der Waals surface area contributed by atoms with Gasteiger partial charge in [-0.15, -0.1) is 11.3 Å². The van der Waals surface area contributed by atoms with Crippen LogP contribution in [0.3, 0.4) is 0 Å². The van der Waals surface area contributed by atoms with Gasteiger partial charge in [0.2, 0.25) is 0 Å². The lowest BCUT2D eigenvalue weighted by molar-refractivity contribution is -0.116. The van der Waals surface area contributed by atoms with Gasteiger partial charge < -0.3 is 4.74 Å². The summed E-state index contributed by atoms with van der Waals surface area (Å²) in [5.74, 6) is 1.35. The zero-order valence-corrected chi connectivity index (χ0v) is 17.6. The number of nitrogens with zero attached hydrogens (tertiary/aromatic N) is 2. The molecule has 146 valence electrons. The second-order valence-corrected chi connectivity index (χ2v) is 9.04. The van der Waals surface area contributed by atoms with Crippen molar-refractivity contribution in [2.75, 3.05) is 12.9 Å². The highest BCUT2D eigenvalue weighted by Gasteiger charge is 2.23. The number of aromatic nitrogens is 2. The smallest absolute Gasteiger partial charge is 0.267 e. The van der Waals surface area contributed by atoms with Gasteiger partial charge in [-0.1, -0.05) is 23.9 Å². The second-order valence-electron chi connectivity index (χ2n) is 6.90. The van der Waals surface area contributed by atoms with E-state index < -0.39 is 0 Å². The van der Waals surface area contributed by atoms with Gasteiger partial charge in [0.05, 0.1) is 18.2 Å². The maximum atomic E-state index is 13.6. The largest absolute Gasteiger partial charge is 0.495 e. The minimum atomic E-state index is -0.0424. The number of benzene rings is 1. The molecule has 0 atom stereocenters. The van der Waals surface area contributed by atoms with Gasteiger partial charge in [-0.05, 0) is 50.3 Å². The number of thioether (sulfide) groups is 1. The van der Waals surface area contributed by atoms with Crippen molar-refractivity contribution < 1.29 is 9.53 Å². The molecule has 2 heterocycles. The number of carbonyl (C=O) groups excluding carboxylic acids is 1. The van der Waals surface area contributed by atoms with Crippen molar-refractivity contribution in [1.82, 2.24) is 9.55 Å². The van der Waals surface area contributed by atoms with Crippen molar-refractivity contribution in [3.63, 3.8) is 0 Å². The normalized spacial score (nSPS) is 13.5. The zero-order valence-electron chi connectivity index (χ0n) is 16.0. The topological polar surface area (TPSA) is 61.2 Å². The van der Waals surface area contributed by atoms with Crippen LogP contribution >= 0.6 is 23.1 Å². The molecule has 28 heavy (non-hydrogen) atoms. The third kappa shape index (κ3) is 3.49. The fraction of sp³-hybridized carbons (Fsp3) is 0.381. The number of Topliss-reactive ketones (excluding diaryl/α,β-unsaturated/α-hetero) is 1. The average molecular weight is 415 g/mol. The number of thiophene rings is 1. The molecular formula is C21H22N2O3S2. The van der Waals surface area contributed by atoms with Crippen LogP contribution in [-0.2, 0) is 17.6 Å². The fourth-order valence-electron chi connectivity index (χ4n) is 3.60. The molecule has 5 nitrogen and oxygen atoms in total. The van der Waals surface area contributed by atoms with Crippen LogP contribution in [0, 0.1) is 0 Å². The molecule has 0 fully saturated rings. The van der Waals surface area contributed by atoms with Gasteiger partial charge in [0.1, 0.15) is 16.4 Å². The van der Waals surface area contributed by atoms with E-state index in [-0.39, 0.29) is 11.3 Å². The lowest BCUT2D eigenvalue weighted by atomic mass is 9.97. The van der Waals surface area contributed by atoms with Gasteiger partial charge in [-0.25, -0.2) is 4.98 Å². The molecule has 4 rings (SSSR count). The molecule has 2 aromatic heterocycles. The van der Waals surface area contributed by atoms with Gasteiger partial charge in [-0.2, -0.15) is 0 Å². The molecule has 0 spiro atoms. The number of para-hydroxylation sites is 2. The maximum absolute atomic E-state index is 13.6. The Kier molecular flexibility index (Phi) is 5.55. The molecule has 0 radical (unpaired) electrons.